The number of hydrogen-bond acceptors (Lipinski definition) is 9. The van der Waals surface area contributed by atoms with E-state index in [-0.39, 0.29) is 30.8 Å². The van der Waals surface area contributed by atoms with Crippen LogP contribution in [0.4, 0.5) is 22.4 Å². The number of benzene rings is 1. The molecule has 0 spiro atoms. The van der Waals surface area contributed by atoms with Crippen molar-refractivity contribution in [1.29, 1.82) is 5.26 Å². The van der Waals surface area contributed by atoms with E-state index in [2.05, 4.69) is 31.7 Å². The van der Waals surface area contributed by atoms with Gasteiger partial charge in [-0.2, -0.15) is 15.3 Å². The van der Waals surface area contributed by atoms with E-state index >= 15 is 0 Å². The fourth-order valence-corrected chi connectivity index (χ4v) is 6.71. The molecule has 3 aromatic heterocycles. The second kappa shape index (κ2) is 15.0. The van der Waals surface area contributed by atoms with Crippen molar-refractivity contribution in [2.24, 2.45) is 7.05 Å². The van der Waals surface area contributed by atoms with Crippen LogP contribution in [-0.2, 0) is 13.6 Å². The Bertz CT molecular complexity index is 1660. The van der Waals surface area contributed by atoms with Gasteiger partial charge in [-0.15, -0.1) is 0 Å². The van der Waals surface area contributed by atoms with Crippen molar-refractivity contribution >= 4 is 23.6 Å². The summed E-state index contributed by atoms with van der Waals surface area (Å²) in [6.07, 6.45) is 14.1. The molecule has 12 heteroatoms. The number of rotatable bonds is 10. The van der Waals surface area contributed by atoms with Gasteiger partial charge in [0, 0.05) is 68.4 Å². The summed E-state index contributed by atoms with van der Waals surface area (Å²) < 4.78 is 1.75. The first-order valence-corrected chi connectivity index (χ1v) is 16.5. The van der Waals surface area contributed by atoms with E-state index in [1.54, 1.807) is 28.2 Å². The molecule has 1 saturated heterocycles. The van der Waals surface area contributed by atoms with Crippen LogP contribution in [0.3, 0.4) is 0 Å². The Labute approximate surface area is 275 Å². The van der Waals surface area contributed by atoms with Crippen molar-refractivity contribution in [3.63, 3.8) is 0 Å². The van der Waals surface area contributed by atoms with Gasteiger partial charge < -0.3 is 20.6 Å². The molecule has 2 aliphatic rings. The van der Waals surface area contributed by atoms with Gasteiger partial charge in [0.05, 0.1) is 12.4 Å². The van der Waals surface area contributed by atoms with Crippen molar-refractivity contribution in [3.8, 4) is 17.2 Å². The molecule has 1 aromatic carbocycles. The molecule has 244 valence electrons. The number of aromatic nitrogens is 5. The summed E-state index contributed by atoms with van der Waals surface area (Å²) in [6, 6.07) is 16.1. The summed E-state index contributed by atoms with van der Waals surface area (Å²) >= 11 is 0. The third-order valence-corrected chi connectivity index (χ3v) is 9.18. The van der Waals surface area contributed by atoms with E-state index in [1.165, 1.54) is 0 Å². The molecule has 2 amide bonds. The number of anilines is 3. The lowest BCUT2D eigenvalue weighted by Gasteiger charge is -2.37. The zero-order chi connectivity index (χ0) is 32.6. The van der Waals surface area contributed by atoms with Gasteiger partial charge in [0.25, 0.3) is 0 Å². The molecular formula is C35H42N10O2. The smallest absolute Gasteiger partial charge is 0.323 e. The van der Waals surface area contributed by atoms with Crippen LogP contribution >= 0.6 is 0 Å². The summed E-state index contributed by atoms with van der Waals surface area (Å²) in [5, 5.41) is 30.3. The van der Waals surface area contributed by atoms with Crippen LogP contribution < -0.4 is 20.4 Å². The van der Waals surface area contributed by atoms with Crippen LogP contribution in [0.5, 0.6) is 0 Å². The summed E-state index contributed by atoms with van der Waals surface area (Å²) in [7, 11) is 1.88. The predicted octanol–water partition coefficient (Wildman–Crippen LogP) is 5.02. The first kappa shape index (κ1) is 31.9. The van der Waals surface area contributed by atoms with Crippen LogP contribution in [-0.4, -0.2) is 67.1 Å². The highest BCUT2D eigenvalue weighted by Gasteiger charge is 2.32. The van der Waals surface area contributed by atoms with Crippen molar-refractivity contribution in [2.75, 3.05) is 28.3 Å². The number of carbonyl (C=O) groups is 1. The monoisotopic (exact) mass is 634 g/mol. The van der Waals surface area contributed by atoms with E-state index in [4.69, 9.17) is 9.97 Å². The molecule has 1 saturated carbocycles. The minimum Gasteiger partial charge on any atom is -0.396 e. The average Bonchev–Trinajstić information content (AvgIpc) is 3.55. The van der Waals surface area contributed by atoms with Gasteiger partial charge in [0.15, 0.2) is 5.82 Å². The number of nitrogens with one attached hydrogen (secondary N) is 2. The van der Waals surface area contributed by atoms with Crippen molar-refractivity contribution in [3.05, 3.63) is 78.4 Å². The molecule has 6 rings (SSSR count). The summed E-state index contributed by atoms with van der Waals surface area (Å²) in [5.41, 5.74) is 3.38. The molecule has 1 unspecified atom stereocenters. The number of amides is 2. The van der Waals surface area contributed by atoms with Crippen molar-refractivity contribution < 1.29 is 9.90 Å². The number of aliphatic hydroxyl groups excluding tert-OH is 1. The van der Waals surface area contributed by atoms with Gasteiger partial charge in [-0.05, 0) is 69.1 Å². The Morgan fingerprint density at radius 2 is 1.85 bits per heavy atom. The summed E-state index contributed by atoms with van der Waals surface area (Å²) in [4.78, 5) is 31.8. The SMILES string of the molecule is Cn1cc(-c2ccc(N(C(=O)NCc3ccccc3)C3CCC(Nc4ncc(C#N)c(N5CCCCC5CCO)n4)CC3)nc2)cn1. The lowest BCUT2D eigenvalue weighted by Crippen LogP contribution is -2.49. The number of carbonyl (C=O) groups excluding carboxylic acids is 1. The number of nitrogens with zero attached hydrogens (tertiary/aromatic N) is 8. The summed E-state index contributed by atoms with van der Waals surface area (Å²) in [5.74, 6) is 1.75. The third kappa shape index (κ3) is 7.69. The van der Waals surface area contributed by atoms with Gasteiger partial charge >= 0.3 is 6.03 Å². The molecule has 2 fully saturated rings. The predicted molar refractivity (Wildman–Crippen MR) is 181 cm³/mol. The first-order valence-electron chi connectivity index (χ1n) is 16.5. The number of pyridine rings is 1. The molecule has 1 aliphatic carbocycles. The Balaban J connectivity index is 1.15. The van der Waals surface area contributed by atoms with Gasteiger partial charge in [0.1, 0.15) is 17.5 Å². The lowest BCUT2D eigenvalue weighted by atomic mass is 9.90. The fourth-order valence-electron chi connectivity index (χ4n) is 6.71. The minimum absolute atomic E-state index is 0.0365. The average molecular weight is 635 g/mol. The molecule has 4 aromatic rings. The van der Waals surface area contributed by atoms with Gasteiger partial charge in [0.2, 0.25) is 5.95 Å². The maximum atomic E-state index is 13.7. The quantitative estimate of drug-likeness (QED) is 0.219. The van der Waals surface area contributed by atoms with E-state index in [1.807, 2.05) is 55.7 Å². The fraction of sp³-hybridized carbons (Fsp3) is 0.429. The Hall–Kier alpha value is -5.02. The highest BCUT2D eigenvalue weighted by Crippen LogP contribution is 2.31. The van der Waals surface area contributed by atoms with Crippen molar-refractivity contribution in [2.45, 2.75) is 76.0 Å². The number of aryl methyl sites for hydroxylation is 1. The second-order valence-electron chi connectivity index (χ2n) is 12.4. The van der Waals surface area contributed by atoms with E-state index in [9.17, 15) is 15.2 Å². The highest BCUT2D eigenvalue weighted by molar-refractivity contribution is 5.91. The number of urea groups is 1. The molecule has 0 radical (unpaired) electrons. The minimum atomic E-state index is -0.175. The van der Waals surface area contributed by atoms with E-state index in [0.29, 0.717) is 36.1 Å². The maximum absolute atomic E-state index is 13.7. The lowest BCUT2D eigenvalue weighted by molar-refractivity contribution is 0.240. The van der Waals surface area contributed by atoms with Crippen LogP contribution in [0.2, 0.25) is 0 Å². The number of piperidine rings is 1. The Morgan fingerprint density at radius 3 is 2.55 bits per heavy atom. The molecule has 4 heterocycles. The maximum Gasteiger partial charge on any atom is 0.323 e. The zero-order valence-electron chi connectivity index (χ0n) is 26.8. The second-order valence-corrected chi connectivity index (χ2v) is 12.4. The zero-order valence-corrected chi connectivity index (χ0v) is 26.8. The van der Waals surface area contributed by atoms with Crippen LogP contribution in [0, 0.1) is 11.3 Å². The third-order valence-electron chi connectivity index (χ3n) is 9.18. The molecule has 1 aliphatic heterocycles. The molecule has 1 atom stereocenters. The Morgan fingerprint density at radius 1 is 1.02 bits per heavy atom. The first-order chi connectivity index (χ1) is 23.0. The number of nitriles is 1. The standard InChI is InChI=1S/C35H42N10O2/c1-43-24-28(23-40-43)26-10-15-32(37-21-26)45(35(47)39-20-25-7-3-2-4-8-25)31-13-11-29(12-14-31)41-34-38-22-27(19-36)33(42-34)44-17-6-5-9-30(44)16-18-46/h2-4,7-8,10,15,21-24,29-31,46H,5-6,9,11-14,16-18,20H2,1H3,(H,39,47)(H,38,41,42). The molecule has 47 heavy (non-hydrogen) atoms. The van der Waals surface area contributed by atoms with Gasteiger partial charge in [-0.3, -0.25) is 9.58 Å². The highest BCUT2D eigenvalue weighted by atomic mass is 16.3. The van der Waals surface area contributed by atoms with Gasteiger partial charge in [-0.1, -0.05) is 30.3 Å². The summed E-state index contributed by atoms with van der Waals surface area (Å²) in [6.45, 7) is 1.34. The molecular weight excluding hydrogens is 592 g/mol. The van der Waals surface area contributed by atoms with Crippen LogP contribution in [0.15, 0.2) is 67.3 Å². The normalized spacial score (nSPS) is 19.5. The number of aliphatic hydroxyl groups is 1. The van der Waals surface area contributed by atoms with Crippen LogP contribution in [0.25, 0.3) is 11.1 Å². The van der Waals surface area contributed by atoms with Crippen molar-refractivity contribution in [1.82, 2.24) is 30.0 Å². The molecule has 3 N–H and O–H groups in total. The molecule has 0 bridgehead atoms. The Kier molecular flexibility index (Phi) is 10.2. The molecule has 12 nitrogen and oxygen atoms in total. The van der Waals surface area contributed by atoms with E-state index in [0.717, 1.165) is 68.2 Å². The topological polar surface area (TPSA) is 148 Å². The van der Waals surface area contributed by atoms with E-state index < -0.39 is 0 Å². The number of hydrogen-bond donors (Lipinski definition) is 3. The van der Waals surface area contributed by atoms with Gasteiger partial charge in [-0.25, -0.2) is 14.8 Å². The van der Waals surface area contributed by atoms with Crippen LogP contribution in [0.1, 0.15) is 62.5 Å². The largest absolute Gasteiger partial charge is 0.396 e.